The number of carbonyl (C=O) groups excluding carboxylic acids is 1. The number of hydrogen-bond acceptors (Lipinski definition) is 2. The number of nitrogens with one attached hydrogen (secondary N) is 2. The largest absolute Gasteiger partial charge is 0.350 e. The van der Waals surface area contributed by atoms with Gasteiger partial charge >= 0.3 is 0 Å². The molecule has 4 nitrogen and oxygen atoms in total. The number of halogens is 1. The number of amides is 1. The molecule has 0 bridgehead atoms. The first-order chi connectivity index (χ1) is 7.67. The van der Waals surface area contributed by atoms with E-state index < -0.39 is 0 Å². The van der Waals surface area contributed by atoms with Crippen LogP contribution in [0.15, 0.2) is 12.3 Å². The molecule has 0 aliphatic rings. The predicted molar refractivity (Wildman–Crippen MR) is 67.7 cm³/mol. The first-order valence-electron chi connectivity index (χ1n) is 5.51. The minimum atomic E-state index is -0.0928. The lowest BCUT2D eigenvalue weighted by Gasteiger charge is -2.29. The van der Waals surface area contributed by atoms with Gasteiger partial charge in [-0.1, -0.05) is 29.8 Å². The molecule has 0 spiro atoms. The summed E-state index contributed by atoms with van der Waals surface area (Å²) in [5.74, 6) is -0.0928. The fourth-order valence-corrected chi connectivity index (χ4v) is 2.47. The van der Waals surface area contributed by atoms with Crippen molar-refractivity contribution >= 4 is 21.8 Å². The van der Waals surface area contributed by atoms with Crippen LogP contribution in [0.2, 0.25) is 0 Å². The summed E-state index contributed by atoms with van der Waals surface area (Å²) in [5.41, 5.74) is 0.658. The lowest BCUT2D eigenvalue weighted by Crippen LogP contribution is -2.38. The van der Waals surface area contributed by atoms with E-state index >= 15 is 0 Å². The molecule has 0 saturated heterocycles. The first kappa shape index (κ1) is 13.2. The Morgan fingerprint density at radius 2 is 2.25 bits per heavy atom. The number of alkyl halides is 1. The molecule has 1 heterocycles. The van der Waals surface area contributed by atoms with Gasteiger partial charge in [0.15, 0.2) is 0 Å². The van der Waals surface area contributed by atoms with Crippen LogP contribution in [0.1, 0.15) is 37.2 Å². The third kappa shape index (κ3) is 3.07. The molecule has 2 N–H and O–H groups in total. The molecule has 0 aliphatic heterocycles. The summed E-state index contributed by atoms with van der Waals surface area (Å²) >= 11 is 3.52. The summed E-state index contributed by atoms with van der Waals surface area (Å²) in [5, 5.41) is 10.2. The lowest BCUT2D eigenvalue weighted by molar-refractivity contribution is 0.0927. The summed E-state index contributed by atoms with van der Waals surface area (Å²) < 4.78 is 0. The average Bonchev–Trinajstić information content (AvgIpc) is 2.85. The number of hydrogen-bond donors (Lipinski definition) is 2. The van der Waals surface area contributed by atoms with Gasteiger partial charge < -0.3 is 5.32 Å². The number of aromatic amines is 1. The molecule has 1 rings (SSSR count). The van der Waals surface area contributed by atoms with Crippen molar-refractivity contribution in [1.82, 2.24) is 15.5 Å². The molecule has 0 radical (unpaired) electrons. The second-order valence-corrected chi connectivity index (χ2v) is 4.55. The van der Waals surface area contributed by atoms with Gasteiger partial charge in [0.2, 0.25) is 0 Å². The van der Waals surface area contributed by atoms with E-state index in [0.717, 1.165) is 18.2 Å². The van der Waals surface area contributed by atoms with Crippen molar-refractivity contribution in [2.75, 3.05) is 11.9 Å². The molecule has 1 amide bonds. The van der Waals surface area contributed by atoms with Crippen molar-refractivity contribution in [3.63, 3.8) is 0 Å². The van der Waals surface area contributed by atoms with Crippen molar-refractivity contribution in [2.24, 2.45) is 5.41 Å². The molecule has 0 fully saturated rings. The quantitative estimate of drug-likeness (QED) is 0.789. The van der Waals surface area contributed by atoms with Crippen molar-refractivity contribution in [3.8, 4) is 0 Å². The van der Waals surface area contributed by atoms with Crippen LogP contribution in [0.3, 0.4) is 0 Å². The molecule has 0 aromatic carbocycles. The average molecular weight is 288 g/mol. The Bertz CT molecular complexity index is 312. The molecular weight excluding hydrogens is 270 g/mol. The second kappa shape index (κ2) is 6.03. The molecule has 0 saturated carbocycles. The number of aromatic nitrogens is 2. The highest BCUT2D eigenvalue weighted by atomic mass is 79.9. The lowest BCUT2D eigenvalue weighted by atomic mass is 9.84. The maximum atomic E-state index is 11.7. The van der Waals surface area contributed by atoms with Gasteiger partial charge in [0.05, 0.1) is 0 Å². The van der Waals surface area contributed by atoms with Gasteiger partial charge in [-0.05, 0) is 24.3 Å². The standard InChI is InChI=1S/C11H18BrN3O/c1-3-11(4-2,7-12)8-13-10(16)9-5-6-14-15-9/h5-6H,3-4,7-8H2,1-2H3,(H,13,16)(H,14,15). The van der Waals surface area contributed by atoms with Crippen molar-refractivity contribution in [3.05, 3.63) is 18.0 Å². The van der Waals surface area contributed by atoms with Crippen molar-refractivity contribution in [2.45, 2.75) is 26.7 Å². The van der Waals surface area contributed by atoms with E-state index in [1.807, 2.05) is 0 Å². The molecule has 0 atom stereocenters. The zero-order valence-electron chi connectivity index (χ0n) is 9.72. The van der Waals surface area contributed by atoms with Gasteiger partial charge in [-0.15, -0.1) is 0 Å². The number of H-pyrrole nitrogens is 1. The molecule has 0 unspecified atom stereocenters. The van der Waals surface area contributed by atoms with Gasteiger partial charge in [0.25, 0.3) is 5.91 Å². The fourth-order valence-electron chi connectivity index (χ4n) is 1.48. The minimum absolute atomic E-state index is 0.0928. The Morgan fingerprint density at radius 1 is 1.56 bits per heavy atom. The topological polar surface area (TPSA) is 57.8 Å². The van der Waals surface area contributed by atoms with Gasteiger partial charge in [-0.25, -0.2) is 0 Å². The van der Waals surface area contributed by atoms with E-state index in [-0.39, 0.29) is 11.3 Å². The molecule has 1 aromatic heterocycles. The monoisotopic (exact) mass is 287 g/mol. The highest BCUT2D eigenvalue weighted by Gasteiger charge is 2.25. The summed E-state index contributed by atoms with van der Waals surface area (Å²) in [6.45, 7) is 4.98. The number of carbonyl (C=O) groups is 1. The van der Waals surface area contributed by atoms with Crippen molar-refractivity contribution < 1.29 is 4.79 Å². The van der Waals surface area contributed by atoms with Crippen LogP contribution in [-0.2, 0) is 0 Å². The van der Waals surface area contributed by atoms with Gasteiger partial charge in [-0.2, -0.15) is 5.10 Å². The van der Waals surface area contributed by atoms with Gasteiger partial charge in [0.1, 0.15) is 5.69 Å². The number of rotatable bonds is 6. The van der Waals surface area contributed by atoms with Crippen LogP contribution in [0.5, 0.6) is 0 Å². The van der Waals surface area contributed by atoms with Crippen LogP contribution < -0.4 is 5.32 Å². The van der Waals surface area contributed by atoms with Gasteiger partial charge in [0, 0.05) is 18.1 Å². The van der Waals surface area contributed by atoms with Crippen LogP contribution in [0, 0.1) is 5.41 Å². The Labute approximate surface area is 104 Å². The molecule has 16 heavy (non-hydrogen) atoms. The fraction of sp³-hybridized carbons (Fsp3) is 0.636. The Kier molecular flexibility index (Phi) is 4.99. The third-order valence-electron chi connectivity index (χ3n) is 3.15. The maximum Gasteiger partial charge on any atom is 0.269 e. The van der Waals surface area contributed by atoms with Gasteiger partial charge in [-0.3, -0.25) is 9.89 Å². The molecule has 1 aromatic rings. The van der Waals surface area contributed by atoms with Crippen LogP contribution in [0.4, 0.5) is 0 Å². The smallest absolute Gasteiger partial charge is 0.269 e. The van der Waals surface area contributed by atoms with Crippen LogP contribution in [0.25, 0.3) is 0 Å². The first-order valence-corrected chi connectivity index (χ1v) is 6.63. The predicted octanol–water partition coefficient (Wildman–Crippen LogP) is 2.34. The summed E-state index contributed by atoms with van der Waals surface area (Å²) in [6, 6.07) is 1.67. The SMILES string of the molecule is CCC(CC)(CBr)CNC(=O)c1ccn[nH]1. The zero-order valence-corrected chi connectivity index (χ0v) is 11.3. The van der Waals surface area contributed by atoms with E-state index in [9.17, 15) is 4.79 Å². The Morgan fingerprint density at radius 3 is 2.69 bits per heavy atom. The molecule has 90 valence electrons. The maximum absolute atomic E-state index is 11.7. The second-order valence-electron chi connectivity index (χ2n) is 3.99. The molecule has 5 heteroatoms. The third-order valence-corrected chi connectivity index (χ3v) is 4.34. The highest BCUT2D eigenvalue weighted by molar-refractivity contribution is 9.09. The summed E-state index contributed by atoms with van der Waals surface area (Å²) in [7, 11) is 0. The Hall–Kier alpha value is -0.840. The van der Waals surface area contributed by atoms with E-state index in [1.165, 1.54) is 0 Å². The molecular formula is C11H18BrN3O. The van der Waals surface area contributed by atoms with Crippen LogP contribution in [-0.4, -0.2) is 28.0 Å². The summed E-state index contributed by atoms with van der Waals surface area (Å²) in [4.78, 5) is 11.7. The normalized spacial score (nSPS) is 11.4. The minimum Gasteiger partial charge on any atom is -0.350 e. The Balaban J connectivity index is 2.53. The van der Waals surface area contributed by atoms with Crippen molar-refractivity contribution in [1.29, 1.82) is 0 Å². The van der Waals surface area contributed by atoms with E-state index in [2.05, 4.69) is 45.3 Å². The molecule has 0 aliphatic carbocycles. The van der Waals surface area contributed by atoms with E-state index in [1.54, 1.807) is 12.3 Å². The van der Waals surface area contributed by atoms with E-state index in [4.69, 9.17) is 0 Å². The number of nitrogens with zero attached hydrogens (tertiary/aromatic N) is 1. The highest BCUT2D eigenvalue weighted by Crippen LogP contribution is 2.27. The zero-order chi connectivity index (χ0) is 12.0. The van der Waals surface area contributed by atoms with Crippen LogP contribution >= 0.6 is 15.9 Å². The summed E-state index contributed by atoms with van der Waals surface area (Å²) in [6.07, 6.45) is 3.66. The van der Waals surface area contributed by atoms with E-state index in [0.29, 0.717) is 12.2 Å².